The molecule has 20 heavy (non-hydrogen) atoms. The van der Waals surface area contributed by atoms with Crippen LogP contribution in [0, 0.1) is 0 Å². The molecular weight excluding hydrogens is 318 g/mol. The first kappa shape index (κ1) is 14.6. The van der Waals surface area contributed by atoms with Crippen LogP contribution in [0.15, 0.2) is 59.1 Å². The number of ether oxygens (including phenoxy) is 1. The van der Waals surface area contributed by atoms with Crippen molar-refractivity contribution in [2.24, 2.45) is 0 Å². The summed E-state index contributed by atoms with van der Waals surface area (Å²) in [5.41, 5.74) is 0.479. The van der Waals surface area contributed by atoms with E-state index >= 15 is 0 Å². The highest BCUT2D eigenvalue weighted by atomic mass is 79.9. The highest BCUT2D eigenvalue weighted by Gasteiger charge is 2.24. The maximum atomic E-state index is 11.9. The van der Waals surface area contributed by atoms with Crippen LogP contribution >= 0.6 is 15.9 Å². The summed E-state index contributed by atoms with van der Waals surface area (Å²) in [6.07, 6.45) is -0.471. The molecule has 0 atom stereocenters. The molecule has 1 amide bonds. The molecule has 4 heteroatoms. The molecule has 0 spiro atoms. The standard InChI is InChI=1S/C16H16BrNO2/c1-16(2,12-7-6-8-13(17)11-12)18-15(19)20-14-9-4-3-5-10-14/h3-11H,1-2H3,(H,18,19). The summed E-state index contributed by atoms with van der Waals surface area (Å²) in [6.45, 7) is 3.86. The Bertz CT molecular complexity index is 596. The van der Waals surface area contributed by atoms with E-state index in [2.05, 4.69) is 21.2 Å². The van der Waals surface area contributed by atoms with Gasteiger partial charge in [0, 0.05) is 4.47 Å². The van der Waals surface area contributed by atoms with Crippen LogP contribution in [-0.2, 0) is 5.54 Å². The molecule has 0 unspecified atom stereocenters. The van der Waals surface area contributed by atoms with Crippen molar-refractivity contribution < 1.29 is 9.53 Å². The van der Waals surface area contributed by atoms with Gasteiger partial charge in [-0.3, -0.25) is 0 Å². The number of hydrogen-bond acceptors (Lipinski definition) is 2. The predicted octanol–water partition coefficient (Wildman–Crippen LogP) is 4.47. The number of hydrogen-bond donors (Lipinski definition) is 1. The monoisotopic (exact) mass is 333 g/mol. The molecule has 2 aromatic carbocycles. The Morgan fingerprint density at radius 3 is 2.45 bits per heavy atom. The topological polar surface area (TPSA) is 38.3 Å². The third kappa shape index (κ3) is 3.84. The van der Waals surface area contributed by atoms with Crippen LogP contribution in [0.5, 0.6) is 5.75 Å². The Kier molecular flexibility index (Phi) is 4.45. The molecule has 104 valence electrons. The van der Waals surface area contributed by atoms with Crippen molar-refractivity contribution in [3.63, 3.8) is 0 Å². The molecule has 0 saturated heterocycles. The van der Waals surface area contributed by atoms with E-state index in [1.165, 1.54) is 0 Å². The quantitative estimate of drug-likeness (QED) is 0.899. The minimum atomic E-state index is -0.518. The van der Waals surface area contributed by atoms with Crippen LogP contribution in [0.4, 0.5) is 4.79 Å². The van der Waals surface area contributed by atoms with Gasteiger partial charge in [-0.1, -0.05) is 46.3 Å². The zero-order valence-electron chi connectivity index (χ0n) is 11.4. The maximum absolute atomic E-state index is 11.9. The van der Waals surface area contributed by atoms with Crippen molar-refractivity contribution in [1.82, 2.24) is 5.32 Å². The zero-order valence-corrected chi connectivity index (χ0v) is 13.0. The van der Waals surface area contributed by atoms with Crippen molar-refractivity contribution in [3.05, 3.63) is 64.6 Å². The molecule has 2 rings (SSSR count). The molecule has 0 aromatic heterocycles. The van der Waals surface area contributed by atoms with Gasteiger partial charge in [0.15, 0.2) is 0 Å². The molecule has 0 saturated carbocycles. The van der Waals surface area contributed by atoms with Crippen LogP contribution < -0.4 is 10.1 Å². The second-order valence-electron chi connectivity index (χ2n) is 4.96. The van der Waals surface area contributed by atoms with E-state index in [9.17, 15) is 4.79 Å². The van der Waals surface area contributed by atoms with Crippen molar-refractivity contribution in [1.29, 1.82) is 0 Å². The number of halogens is 1. The van der Waals surface area contributed by atoms with Gasteiger partial charge < -0.3 is 10.1 Å². The Morgan fingerprint density at radius 2 is 1.80 bits per heavy atom. The average Bonchev–Trinajstić information content (AvgIpc) is 2.39. The van der Waals surface area contributed by atoms with Crippen molar-refractivity contribution >= 4 is 22.0 Å². The lowest BCUT2D eigenvalue weighted by molar-refractivity contribution is 0.188. The largest absolute Gasteiger partial charge is 0.413 e. The van der Waals surface area contributed by atoms with Gasteiger partial charge in [-0.25, -0.2) is 4.79 Å². The number of para-hydroxylation sites is 1. The van der Waals surface area contributed by atoms with E-state index in [4.69, 9.17) is 4.74 Å². The fraction of sp³-hybridized carbons (Fsp3) is 0.188. The lowest BCUT2D eigenvalue weighted by Gasteiger charge is -2.26. The van der Waals surface area contributed by atoms with Gasteiger partial charge in [0.05, 0.1) is 5.54 Å². The molecule has 3 nitrogen and oxygen atoms in total. The molecular formula is C16H16BrNO2. The lowest BCUT2D eigenvalue weighted by Crippen LogP contribution is -2.42. The van der Waals surface area contributed by atoms with E-state index < -0.39 is 11.6 Å². The maximum Gasteiger partial charge on any atom is 0.413 e. The van der Waals surface area contributed by atoms with Crippen LogP contribution in [-0.4, -0.2) is 6.09 Å². The minimum Gasteiger partial charge on any atom is -0.410 e. The number of amides is 1. The van der Waals surface area contributed by atoms with Gasteiger partial charge in [-0.15, -0.1) is 0 Å². The van der Waals surface area contributed by atoms with Crippen molar-refractivity contribution in [2.75, 3.05) is 0 Å². The summed E-state index contributed by atoms with van der Waals surface area (Å²) in [7, 11) is 0. The van der Waals surface area contributed by atoms with Crippen LogP contribution in [0.25, 0.3) is 0 Å². The number of carbonyl (C=O) groups is 1. The fourth-order valence-electron chi connectivity index (χ4n) is 1.83. The molecule has 1 N–H and O–H groups in total. The second-order valence-corrected chi connectivity index (χ2v) is 5.88. The molecule has 0 heterocycles. The Labute approximate surface area is 127 Å². The third-order valence-electron chi connectivity index (χ3n) is 2.91. The first-order valence-electron chi connectivity index (χ1n) is 6.28. The van der Waals surface area contributed by atoms with E-state index in [1.54, 1.807) is 12.1 Å². The van der Waals surface area contributed by atoms with Gasteiger partial charge in [-0.05, 0) is 43.7 Å². The van der Waals surface area contributed by atoms with Crippen LogP contribution in [0.3, 0.4) is 0 Å². The SMILES string of the molecule is CC(C)(NC(=O)Oc1ccccc1)c1cccc(Br)c1. The van der Waals surface area contributed by atoms with Crippen molar-refractivity contribution in [2.45, 2.75) is 19.4 Å². The van der Waals surface area contributed by atoms with Crippen molar-refractivity contribution in [3.8, 4) is 5.75 Å². The predicted molar refractivity (Wildman–Crippen MR) is 82.8 cm³/mol. The summed E-state index contributed by atoms with van der Waals surface area (Å²) in [5, 5.41) is 2.87. The summed E-state index contributed by atoms with van der Waals surface area (Å²) in [4.78, 5) is 11.9. The van der Waals surface area contributed by atoms with Gasteiger partial charge in [0.2, 0.25) is 0 Å². The van der Waals surface area contributed by atoms with Gasteiger partial charge >= 0.3 is 6.09 Å². The Balaban J connectivity index is 2.06. The van der Waals surface area contributed by atoms with E-state index in [1.807, 2.05) is 56.3 Å². The summed E-state index contributed by atoms with van der Waals surface area (Å²) < 4.78 is 6.21. The Morgan fingerprint density at radius 1 is 1.10 bits per heavy atom. The third-order valence-corrected chi connectivity index (χ3v) is 3.41. The Hall–Kier alpha value is -1.81. The highest BCUT2D eigenvalue weighted by Crippen LogP contribution is 2.23. The molecule has 0 aliphatic rings. The summed E-state index contributed by atoms with van der Waals surface area (Å²) >= 11 is 3.43. The second kappa shape index (κ2) is 6.09. The van der Waals surface area contributed by atoms with E-state index in [0.717, 1.165) is 10.0 Å². The molecule has 0 bridgehead atoms. The van der Waals surface area contributed by atoms with Crippen LogP contribution in [0.1, 0.15) is 19.4 Å². The summed E-state index contributed by atoms with van der Waals surface area (Å²) in [5.74, 6) is 0.523. The summed E-state index contributed by atoms with van der Waals surface area (Å²) in [6, 6.07) is 16.8. The molecule has 2 aromatic rings. The molecule has 0 aliphatic heterocycles. The first-order chi connectivity index (χ1) is 9.47. The minimum absolute atomic E-state index is 0.471. The molecule has 0 fully saturated rings. The average molecular weight is 334 g/mol. The smallest absolute Gasteiger partial charge is 0.410 e. The number of carbonyl (C=O) groups excluding carboxylic acids is 1. The van der Waals surface area contributed by atoms with E-state index in [-0.39, 0.29) is 0 Å². The van der Waals surface area contributed by atoms with E-state index in [0.29, 0.717) is 5.75 Å². The molecule has 0 aliphatic carbocycles. The molecule has 0 radical (unpaired) electrons. The van der Waals surface area contributed by atoms with Gasteiger partial charge in [0.1, 0.15) is 5.75 Å². The zero-order chi connectivity index (χ0) is 14.6. The normalized spacial score (nSPS) is 10.9. The lowest BCUT2D eigenvalue weighted by atomic mass is 9.95. The number of benzene rings is 2. The fourth-order valence-corrected chi connectivity index (χ4v) is 2.22. The first-order valence-corrected chi connectivity index (χ1v) is 7.08. The van der Waals surface area contributed by atoms with Crippen LogP contribution in [0.2, 0.25) is 0 Å². The number of rotatable bonds is 3. The van der Waals surface area contributed by atoms with Gasteiger partial charge in [0.25, 0.3) is 0 Å². The number of nitrogens with one attached hydrogen (secondary N) is 1. The van der Waals surface area contributed by atoms with Gasteiger partial charge in [-0.2, -0.15) is 0 Å². The highest BCUT2D eigenvalue weighted by molar-refractivity contribution is 9.10.